The van der Waals surface area contributed by atoms with Crippen molar-refractivity contribution in [2.75, 3.05) is 12.3 Å². The molecule has 0 saturated heterocycles. The molecule has 0 aliphatic carbocycles. The number of hydrogen-bond acceptors (Lipinski definition) is 4. The monoisotopic (exact) mass is 325 g/mol. The minimum absolute atomic E-state index is 0.530. The summed E-state index contributed by atoms with van der Waals surface area (Å²) in [5, 5.41) is 1.13. The number of nitrogens with two attached hydrogens (primary N) is 2. The van der Waals surface area contributed by atoms with E-state index in [2.05, 4.69) is 28.6 Å². The largest absolute Gasteiger partial charge is 0.382 e. The van der Waals surface area contributed by atoms with Crippen LogP contribution in [-0.4, -0.2) is 21.1 Å². The van der Waals surface area contributed by atoms with E-state index in [4.69, 9.17) is 16.5 Å². The SMILES string of the molecule is CCCCc1nc2c(N)nc3ccccc3c2n1CCCCCN. The maximum atomic E-state index is 6.21. The van der Waals surface area contributed by atoms with Crippen molar-refractivity contribution in [2.24, 2.45) is 5.73 Å². The van der Waals surface area contributed by atoms with Gasteiger partial charge in [0.1, 0.15) is 11.3 Å². The highest BCUT2D eigenvalue weighted by molar-refractivity contribution is 6.06. The van der Waals surface area contributed by atoms with Crippen molar-refractivity contribution >= 4 is 27.8 Å². The molecule has 0 amide bonds. The average molecular weight is 325 g/mol. The molecule has 2 aromatic heterocycles. The second-order valence-electron chi connectivity index (χ2n) is 6.34. The summed E-state index contributed by atoms with van der Waals surface area (Å²) in [6, 6.07) is 8.19. The summed E-state index contributed by atoms with van der Waals surface area (Å²) in [4.78, 5) is 9.38. The number of para-hydroxylation sites is 1. The van der Waals surface area contributed by atoms with Gasteiger partial charge < -0.3 is 16.0 Å². The number of hydrogen-bond donors (Lipinski definition) is 2. The van der Waals surface area contributed by atoms with Crippen LogP contribution in [0.25, 0.3) is 21.9 Å². The molecule has 0 saturated carbocycles. The first-order valence-electron chi connectivity index (χ1n) is 8.99. The molecular weight excluding hydrogens is 298 g/mol. The molecule has 0 radical (unpaired) electrons. The van der Waals surface area contributed by atoms with E-state index in [9.17, 15) is 0 Å². The molecule has 2 heterocycles. The molecular formula is C19H27N5. The first-order chi connectivity index (χ1) is 11.8. The highest BCUT2D eigenvalue weighted by Crippen LogP contribution is 2.29. The van der Waals surface area contributed by atoms with Crippen molar-refractivity contribution in [3.05, 3.63) is 30.1 Å². The Labute approximate surface area is 143 Å². The zero-order valence-electron chi connectivity index (χ0n) is 14.5. The topological polar surface area (TPSA) is 82.8 Å². The molecule has 0 fully saturated rings. The van der Waals surface area contributed by atoms with E-state index in [1.54, 1.807) is 0 Å². The van der Waals surface area contributed by atoms with Gasteiger partial charge in [0.05, 0.1) is 11.0 Å². The standard InChI is InChI=1S/C19H27N5/c1-2-3-11-16-23-17-18(24(16)13-8-4-7-12-20)14-9-5-6-10-15(14)22-19(17)21/h5-6,9-10H,2-4,7-8,11-13,20H2,1H3,(H2,21,22). The van der Waals surface area contributed by atoms with Crippen molar-refractivity contribution in [3.63, 3.8) is 0 Å². The van der Waals surface area contributed by atoms with Gasteiger partial charge in [-0.15, -0.1) is 0 Å². The van der Waals surface area contributed by atoms with E-state index in [1.807, 2.05) is 12.1 Å². The fourth-order valence-corrected chi connectivity index (χ4v) is 3.26. The molecule has 0 atom stereocenters. The Bertz CT molecular complexity index is 821. The van der Waals surface area contributed by atoms with Gasteiger partial charge in [0, 0.05) is 18.4 Å². The van der Waals surface area contributed by atoms with Crippen LogP contribution in [0.4, 0.5) is 5.82 Å². The minimum atomic E-state index is 0.530. The molecule has 0 spiro atoms. The maximum absolute atomic E-state index is 6.21. The van der Waals surface area contributed by atoms with E-state index in [0.29, 0.717) is 5.82 Å². The van der Waals surface area contributed by atoms with Crippen LogP contribution in [-0.2, 0) is 13.0 Å². The lowest BCUT2D eigenvalue weighted by molar-refractivity contribution is 0.576. The third-order valence-corrected chi connectivity index (χ3v) is 4.53. The number of fused-ring (bicyclic) bond motifs is 3. The van der Waals surface area contributed by atoms with Gasteiger partial charge >= 0.3 is 0 Å². The van der Waals surface area contributed by atoms with Crippen LogP contribution < -0.4 is 11.5 Å². The Morgan fingerprint density at radius 1 is 1.04 bits per heavy atom. The molecule has 5 nitrogen and oxygen atoms in total. The van der Waals surface area contributed by atoms with Gasteiger partial charge in [-0.25, -0.2) is 9.97 Å². The van der Waals surface area contributed by atoms with Crippen molar-refractivity contribution in [2.45, 2.75) is 52.0 Å². The Morgan fingerprint density at radius 2 is 1.88 bits per heavy atom. The van der Waals surface area contributed by atoms with Gasteiger partial charge in [0.25, 0.3) is 0 Å². The number of anilines is 1. The predicted octanol–water partition coefficient (Wildman–Crippen LogP) is 3.64. The minimum Gasteiger partial charge on any atom is -0.382 e. The van der Waals surface area contributed by atoms with Crippen LogP contribution in [0.15, 0.2) is 24.3 Å². The second kappa shape index (κ2) is 7.62. The number of nitrogen functional groups attached to an aromatic ring is 1. The van der Waals surface area contributed by atoms with Crippen LogP contribution in [0.2, 0.25) is 0 Å². The summed E-state index contributed by atoms with van der Waals surface area (Å²) in [6.45, 7) is 3.93. The van der Waals surface area contributed by atoms with Gasteiger partial charge in [0.2, 0.25) is 0 Å². The van der Waals surface area contributed by atoms with Gasteiger partial charge in [-0.05, 0) is 31.9 Å². The van der Waals surface area contributed by atoms with Crippen molar-refractivity contribution in [1.29, 1.82) is 0 Å². The fraction of sp³-hybridized carbons (Fsp3) is 0.474. The van der Waals surface area contributed by atoms with Gasteiger partial charge in [-0.2, -0.15) is 0 Å². The zero-order chi connectivity index (χ0) is 16.9. The number of benzene rings is 1. The van der Waals surface area contributed by atoms with E-state index in [1.165, 1.54) is 0 Å². The smallest absolute Gasteiger partial charge is 0.152 e. The van der Waals surface area contributed by atoms with Crippen molar-refractivity contribution in [3.8, 4) is 0 Å². The number of rotatable bonds is 8. The van der Waals surface area contributed by atoms with E-state index < -0.39 is 0 Å². The molecule has 1 aromatic carbocycles. The number of pyridine rings is 1. The van der Waals surface area contributed by atoms with Crippen LogP contribution in [0.5, 0.6) is 0 Å². The normalized spacial score (nSPS) is 11.6. The number of imidazole rings is 1. The lowest BCUT2D eigenvalue weighted by Gasteiger charge is -2.10. The quantitative estimate of drug-likeness (QED) is 0.619. The first kappa shape index (κ1) is 16.7. The highest BCUT2D eigenvalue weighted by Gasteiger charge is 2.16. The zero-order valence-corrected chi connectivity index (χ0v) is 14.5. The Balaban J connectivity index is 2.11. The predicted molar refractivity (Wildman–Crippen MR) is 101 cm³/mol. The van der Waals surface area contributed by atoms with E-state index >= 15 is 0 Å². The van der Waals surface area contributed by atoms with Gasteiger partial charge in [-0.1, -0.05) is 38.0 Å². The van der Waals surface area contributed by atoms with Crippen LogP contribution in [0, 0.1) is 0 Å². The van der Waals surface area contributed by atoms with Crippen LogP contribution in [0.3, 0.4) is 0 Å². The lowest BCUT2D eigenvalue weighted by Crippen LogP contribution is -2.06. The third-order valence-electron chi connectivity index (χ3n) is 4.53. The van der Waals surface area contributed by atoms with Crippen molar-refractivity contribution < 1.29 is 0 Å². The Hall–Kier alpha value is -2.14. The molecule has 3 rings (SSSR count). The number of aromatic nitrogens is 3. The number of unbranched alkanes of at least 4 members (excludes halogenated alkanes) is 3. The molecule has 0 aliphatic heterocycles. The molecule has 3 aromatic rings. The van der Waals surface area contributed by atoms with Crippen LogP contribution in [0.1, 0.15) is 44.9 Å². The molecule has 0 bridgehead atoms. The summed E-state index contributed by atoms with van der Waals surface area (Å²) in [5.74, 6) is 1.66. The number of aryl methyl sites for hydroxylation is 2. The summed E-state index contributed by atoms with van der Waals surface area (Å²) in [5.41, 5.74) is 14.8. The summed E-state index contributed by atoms with van der Waals surface area (Å²) < 4.78 is 2.36. The maximum Gasteiger partial charge on any atom is 0.152 e. The second-order valence-corrected chi connectivity index (χ2v) is 6.34. The average Bonchev–Trinajstić information content (AvgIpc) is 2.96. The lowest BCUT2D eigenvalue weighted by atomic mass is 10.1. The summed E-state index contributed by atoms with van der Waals surface area (Å²) in [6.07, 6.45) is 6.60. The molecule has 24 heavy (non-hydrogen) atoms. The number of nitrogens with zero attached hydrogens (tertiary/aromatic N) is 3. The summed E-state index contributed by atoms with van der Waals surface area (Å²) >= 11 is 0. The summed E-state index contributed by atoms with van der Waals surface area (Å²) in [7, 11) is 0. The molecule has 4 N–H and O–H groups in total. The van der Waals surface area contributed by atoms with Gasteiger partial charge in [-0.3, -0.25) is 0 Å². The molecule has 0 unspecified atom stereocenters. The van der Waals surface area contributed by atoms with E-state index in [-0.39, 0.29) is 0 Å². The van der Waals surface area contributed by atoms with Crippen molar-refractivity contribution in [1.82, 2.24) is 14.5 Å². The Kier molecular flexibility index (Phi) is 5.30. The first-order valence-corrected chi connectivity index (χ1v) is 8.99. The van der Waals surface area contributed by atoms with Gasteiger partial charge in [0.15, 0.2) is 5.82 Å². The highest BCUT2D eigenvalue weighted by atomic mass is 15.1. The molecule has 128 valence electrons. The molecule has 0 aliphatic rings. The van der Waals surface area contributed by atoms with Crippen LogP contribution >= 0.6 is 0 Å². The molecule has 5 heteroatoms. The Morgan fingerprint density at radius 3 is 2.67 bits per heavy atom. The third kappa shape index (κ3) is 3.22. The fourth-order valence-electron chi connectivity index (χ4n) is 3.26. The van der Waals surface area contributed by atoms with E-state index in [0.717, 1.165) is 79.4 Å².